The Bertz CT molecular complexity index is 1310. The highest BCUT2D eigenvalue weighted by Crippen LogP contribution is 2.20. The van der Waals surface area contributed by atoms with Crippen LogP contribution in [0.3, 0.4) is 0 Å². The van der Waals surface area contributed by atoms with Crippen molar-refractivity contribution >= 4 is 28.1 Å². The first-order chi connectivity index (χ1) is 14.6. The second kappa shape index (κ2) is 7.25. The Labute approximate surface area is 170 Å². The number of hydrogen-bond donors (Lipinski definition) is 0. The second-order valence-electron chi connectivity index (χ2n) is 7.21. The van der Waals surface area contributed by atoms with Crippen molar-refractivity contribution in [2.75, 3.05) is 31.1 Å². The van der Waals surface area contributed by atoms with Crippen LogP contribution in [0.25, 0.3) is 16.6 Å². The van der Waals surface area contributed by atoms with E-state index in [0.29, 0.717) is 37.5 Å². The lowest BCUT2D eigenvalue weighted by Gasteiger charge is -2.36. The van der Waals surface area contributed by atoms with E-state index in [-0.39, 0.29) is 18.3 Å². The largest absolute Gasteiger partial charge is 0.366 e. The fourth-order valence-corrected chi connectivity index (χ4v) is 3.84. The molecule has 0 spiro atoms. The first-order valence-electron chi connectivity index (χ1n) is 9.72. The van der Waals surface area contributed by atoms with Crippen molar-refractivity contribution in [1.29, 1.82) is 0 Å². The molecule has 1 aliphatic heterocycles. The number of benzene rings is 2. The number of halogens is 1. The summed E-state index contributed by atoms with van der Waals surface area (Å²) in [5, 5.41) is 5.12. The molecule has 8 nitrogen and oxygen atoms in total. The highest BCUT2D eigenvalue weighted by molar-refractivity contribution is 5.90. The summed E-state index contributed by atoms with van der Waals surface area (Å²) in [6.45, 7) is 1.83. The molecule has 4 aromatic rings. The van der Waals surface area contributed by atoms with Gasteiger partial charge in [-0.3, -0.25) is 4.79 Å². The molecule has 9 heteroatoms. The summed E-state index contributed by atoms with van der Waals surface area (Å²) in [6, 6.07) is 14.0. The van der Waals surface area contributed by atoms with E-state index >= 15 is 0 Å². The molecule has 30 heavy (non-hydrogen) atoms. The highest BCUT2D eigenvalue weighted by Gasteiger charge is 2.24. The Hall–Kier alpha value is -3.75. The quantitative estimate of drug-likeness (QED) is 0.516. The van der Waals surface area contributed by atoms with Gasteiger partial charge in [0.25, 0.3) is 0 Å². The fourth-order valence-electron chi connectivity index (χ4n) is 3.84. The standard InChI is InChI=1S/C21H19FN6O2/c22-16-6-2-4-8-18(16)25-9-11-26(12-10-25)19(29)13-28-21(30)27-14-23-17-7-3-1-5-15(17)20(27)24-28/h1-8,14H,9-13H2. The Balaban J connectivity index is 1.33. The van der Waals surface area contributed by atoms with Crippen LogP contribution in [0.1, 0.15) is 0 Å². The van der Waals surface area contributed by atoms with E-state index in [0.717, 1.165) is 10.9 Å². The molecule has 5 rings (SSSR count). The molecule has 0 unspecified atom stereocenters. The number of rotatable bonds is 3. The predicted molar refractivity (Wildman–Crippen MR) is 110 cm³/mol. The molecule has 152 valence electrons. The van der Waals surface area contributed by atoms with Gasteiger partial charge in [0, 0.05) is 31.6 Å². The summed E-state index contributed by atoms with van der Waals surface area (Å²) >= 11 is 0. The van der Waals surface area contributed by atoms with E-state index in [1.165, 1.54) is 21.5 Å². The summed E-state index contributed by atoms with van der Waals surface area (Å²) in [5.74, 6) is -0.458. The Morgan fingerprint density at radius 3 is 2.53 bits per heavy atom. The monoisotopic (exact) mass is 406 g/mol. The third kappa shape index (κ3) is 3.08. The number of hydrogen-bond acceptors (Lipinski definition) is 5. The number of para-hydroxylation sites is 2. The second-order valence-corrected chi connectivity index (χ2v) is 7.21. The van der Waals surface area contributed by atoms with Crippen LogP contribution in [0.15, 0.2) is 59.7 Å². The molecule has 2 aromatic carbocycles. The number of carbonyl (C=O) groups excluding carboxylic acids is 1. The number of amides is 1. The van der Waals surface area contributed by atoms with Crippen molar-refractivity contribution in [3.8, 4) is 0 Å². The van der Waals surface area contributed by atoms with Crippen LogP contribution in [-0.2, 0) is 11.3 Å². The van der Waals surface area contributed by atoms with Crippen molar-refractivity contribution in [2.45, 2.75) is 6.54 Å². The van der Waals surface area contributed by atoms with Gasteiger partial charge < -0.3 is 9.80 Å². The normalized spacial score (nSPS) is 14.6. The summed E-state index contributed by atoms with van der Waals surface area (Å²) < 4.78 is 16.5. The van der Waals surface area contributed by atoms with Crippen LogP contribution in [0, 0.1) is 5.82 Å². The van der Waals surface area contributed by atoms with Crippen LogP contribution in [0.5, 0.6) is 0 Å². The van der Waals surface area contributed by atoms with Crippen LogP contribution in [0.4, 0.5) is 10.1 Å². The topological polar surface area (TPSA) is 75.7 Å². The summed E-state index contributed by atoms with van der Waals surface area (Å²) in [5.41, 5.74) is 1.35. The van der Waals surface area contributed by atoms with Gasteiger partial charge in [-0.25, -0.2) is 23.3 Å². The maximum Gasteiger partial charge on any atom is 0.352 e. The molecule has 0 bridgehead atoms. The van der Waals surface area contributed by atoms with Gasteiger partial charge in [-0.2, -0.15) is 0 Å². The summed E-state index contributed by atoms with van der Waals surface area (Å²) in [6.07, 6.45) is 1.43. The molecule has 0 saturated carbocycles. The number of fused-ring (bicyclic) bond motifs is 3. The molecule has 0 aliphatic carbocycles. The third-order valence-electron chi connectivity index (χ3n) is 5.44. The van der Waals surface area contributed by atoms with E-state index < -0.39 is 5.69 Å². The van der Waals surface area contributed by atoms with Crippen LogP contribution in [-0.4, -0.2) is 56.2 Å². The minimum atomic E-state index is -0.401. The number of nitrogens with zero attached hydrogens (tertiary/aromatic N) is 6. The van der Waals surface area contributed by atoms with Crippen molar-refractivity contribution < 1.29 is 9.18 Å². The van der Waals surface area contributed by atoms with Crippen LogP contribution >= 0.6 is 0 Å². The fraction of sp³-hybridized carbons (Fsp3) is 0.238. The minimum Gasteiger partial charge on any atom is -0.366 e. The average Bonchev–Trinajstić information content (AvgIpc) is 3.10. The maximum atomic E-state index is 14.0. The maximum absolute atomic E-state index is 14.0. The van der Waals surface area contributed by atoms with Gasteiger partial charge in [0.15, 0.2) is 5.65 Å². The van der Waals surface area contributed by atoms with Gasteiger partial charge >= 0.3 is 5.69 Å². The zero-order chi connectivity index (χ0) is 20.7. The van der Waals surface area contributed by atoms with E-state index in [9.17, 15) is 14.0 Å². The van der Waals surface area contributed by atoms with E-state index in [2.05, 4.69) is 10.1 Å². The summed E-state index contributed by atoms with van der Waals surface area (Å²) in [7, 11) is 0. The van der Waals surface area contributed by atoms with Gasteiger partial charge in [0.2, 0.25) is 5.91 Å². The first kappa shape index (κ1) is 18.3. The van der Waals surface area contributed by atoms with Crippen molar-refractivity contribution in [1.82, 2.24) is 24.1 Å². The molecule has 1 aliphatic rings. The van der Waals surface area contributed by atoms with Crippen LogP contribution < -0.4 is 10.6 Å². The van der Waals surface area contributed by atoms with E-state index in [1.54, 1.807) is 23.1 Å². The molecule has 1 amide bonds. The smallest absolute Gasteiger partial charge is 0.352 e. The molecule has 2 aromatic heterocycles. The van der Waals surface area contributed by atoms with Crippen LogP contribution in [0.2, 0.25) is 0 Å². The van der Waals surface area contributed by atoms with Gasteiger partial charge in [0.05, 0.1) is 11.2 Å². The van der Waals surface area contributed by atoms with Crippen molar-refractivity contribution in [3.63, 3.8) is 0 Å². The Morgan fingerprint density at radius 2 is 1.73 bits per heavy atom. The molecule has 0 atom stereocenters. The number of aromatic nitrogens is 4. The lowest BCUT2D eigenvalue weighted by atomic mass is 10.2. The highest BCUT2D eigenvalue weighted by atomic mass is 19.1. The molecule has 1 fully saturated rings. The van der Waals surface area contributed by atoms with E-state index in [1.807, 2.05) is 29.2 Å². The van der Waals surface area contributed by atoms with Gasteiger partial charge in [0.1, 0.15) is 18.7 Å². The van der Waals surface area contributed by atoms with Gasteiger partial charge in [-0.05, 0) is 24.3 Å². The molecular weight excluding hydrogens is 387 g/mol. The zero-order valence-corrected chi connectivity index (χ0v) is 16.1. The lowest BCUT2D eigenvalue weighted by molar-refractivity contribution is -0.132. The minimum absolute atomic E-state index is 0.144. The third-order valence-corrected chi connectivity index (χ3v) is 5.44. The molecule has 1 saturated heterocycles. The van der Waals surface area contributed by atoms with Crippen molar-refractivity contribution in [2.24, 2.45) is 0 Å². The van der Waals surface area contributed by atoms with Gasteiger partial charge in [-0.15, -0.1) is 5.10 Å². The molecule has 3 heterocycles. The van der Waals surface area contributed by atoms with Gasteiger partial charge in [-0.1, -0.05) is 24.3 Å². The SMILES string of the molecule is O=C(Cn1nc2c3ccccc3ncn2c1=O)N1CCN(c2ccccc2F)CC1. The molecular formula is C21H19FN6O2. The predicted octanol–water partition coefficient (Wildman–Crippen LogP) is 1.53. The average molecular weight is 406 g/mol. The summed E-state index contributed by atoms with van der Waals surface area (Å²) in [4.78, 5) is 33.3. The lowest BCUT2D eigenvalue weighted by Crippen LogP contribution is -2.50. The number of carbonyl (C=O) groups is 1. The molecule has 0 radical (unpaired) electrons. The number of piperazine rings is 1. The molecule has 0 N–H and O–H groups in total. The zero-order valence-electron chi connectivity index (χ0n) is 16.1. The Kier molecular flexibility index (Phi) is 4.42. The Morgan fingerprint density at radius 1 is 1.00 bits per heavy atom. The first-order valence-corrected chi connectivity index (χ1v) is 9.72. The number of anilines is 1. The van der Waals surface area contributed by atoms with Crippen molar-refractivity contribution in [3.05, 3.63) is 71.2 Å². The van der Waals surface area contributed by atoms with E-state index in [4.69, 9.17) is 0 Å².